The van der Waals surface area contributed by atoms with Crippen LogP contribution in [0.3, 0.4) is 0 Å². The molecule has 1 aliphatic heterocycles. The van der Waals surface area contributed by atoms with E-state index in [4.69, 9.17) is 0 Å². The molecule has 0 spiro atoms. The van der Waals surface area contributed by atoms with Gasteiger partial charge < -0.3 is 5.32 Å². The van der Waals surface area contributed by atoms with Gasteiger partial charge in [-0.3, -0.25) is 0 Å². The topological polar surface area (TPSA) is 12.0 Å². The van der Waals surface area contributed by atoms with Crippen LogP contribution in [0, 0.1) is 0 Å². The van der Waals surface area contributed by atoms with Crippen LogP contribution in [0.15, 0.2) is 15.7 Å². The molecule has 13 heavy (non-hydrogen) atoms. The van der Waals surface area contributed by atoms with Gasteiger partial charge in [-0.15, -0.1) is 23.1 Å². The maximum Gasteiger partial charge on any atom is 0.0649 e. The van der Waals surface area contributed by atoms with Gasteiger partial charge in [0.1, 0.15) is 0 Å². The van der Waals surface area contributed by atoms with E-state index in [0.717, 1.165) is 11.8 Å². The molecule has 0 radical (unpaired) electrons. The van der Waals surface area contributed by atoms with Crippen molar-refractivity contribution in [1.82, 2.24) is 5.32 Å². The normalized spacial score (nSPS) is 27.2. The predicted octanol–water partition coefficient (Wildman–Crippen LogP) is 3.28. The highest BCUT2D eigenvalue weighted by Crippen LogP contribution is 2.43. The summed E-state index contributed by atoms with van der Waals surface area (Å²) in [5.74, 6) is 0. The first-order chi connectivity index (χ1) is 6.31. The zero-order valence-corrected chi connectivity index (χ0v) is 9.67. The molecule has 0 aliphatic carbocycles. The highest BCUT2D eigenvalue weighted by Gasteiger charge is 2.25. The van der Waals surface area contributed by atoms with Crippen LogP contribution in [0.5, 0.6) is 0 Å². The number of rotatable bonds is 2. The van der Waals surface area contributed by atoms with Gasteiger partial charge in [0.05, 0.1) is 4.21 Å². The molecule has 1 aliphatic rings. The van der Waals surface area contributed by atoms with Gasteiger partial charge in [0, 0.05) is 11.3 Å². The first-order valence-electron chi connectivity index (χ1n) is 4.78. The fraction of sp³-hybridized carbons (Fsp3) is 0.600. The summed E-state index contributed by atoms with van der Waals surface area (Å²) in [6.07, 6.45) is 1.27. The molecule has 1 N–H and O–H groups in total. The molecule has 1 aromatic heterocycles. The molecule has 2 heterocycles. The van der Waals surface area contributed by atoms with E-state index in [9.17, 15) is 0 Å². The van der Waals surface area contributed by atoms with Crippen molar-refractivity contribution in [3.63, 3.8) is 0 Å². The van der Waals surface area contributed by atoms with Crippen LogP contribution in [0.4, 0.5) is 0 Å². The summed E-state index contributed by atoms with van der Waals surface area (Å²) in [5, 5.41) is 6.52. The maximum absolute atomic E-state index is 3.55. The Balaban J connectivity index is 2.22. The second-order valence-electron chi connectivity index (χ2n) is 3.44. The van der Waals surface area contributed by atoms with Crippen molar-refractivity contribution in [1.29, 1.82) is 0 Å². The molecular weight excluding hydrogens is 198 g/mol. The second-order valence-corrected chi connectivity index (χ2v) is 6.06. The summed E-state index contributed by atoms with van der Waals surface area (Å²) in [4.78, 5) is 0. The Morgan fingerprint density at radius 3 is 3.23 bits per heavy atom. The Morgan fingerprint density at radius 2 is 2.46 bits per heavy atom. The van der Waals surface area contributed by atoms with Crippen LogP contribution in [-0.4, -0.2) is 11.8 Å². The second kappa shape index (κ2) is 4.03. The van der Waals surface area contributed by atoms with Crippen molar-refractivity contribution < 1.29 is 0 Å². The van der Waals surface area contributed by atoms with E-state index in [1.807, 2.05) is 23.1 Å². The van der Waals surface area contributed by atoms with Gasteiger partial charge in [-0.25, -0.2) is 0 Å². The molecule has 0 saturated heterocycles. The van der Waals surface area contributed by atoms with Crippen molar-refractivity contribution >= 4 is 23.1 Å². The lowest BCUT2D eigenvalue weighted by atomic mass is 10.1. The average molecular weight is 213 g/mol. The number of hydrogen-bond donors (Lipinski definition) is 1. The molecule has 3 heteroatoms. The van der Waals surface area contributed by atoms with Crippen LogP contribution < -0.4 is 5.32 Å². The third-order valence-corrected chi connectivity index (χ3v) is 4.70. The number of hydrogen-bond acceptors (Lipinski definition) is 3. The van der Waals surface area contributed by atoms with Gasteiger partial charge in [-0.1, -0.05) is 13.8 Å². The van der Waals surface area contributed by atoms with E-state index in [0.29, 0.717) is 6.04 Å². The number of thioether (sulfide) groups is 1. The minimum atomic E-state index is 0.600. The van der Waals surface area contributed by atoms with Gasteiger partial charge in [0.25, 0.3) is 0 Å². The lowest BCUT2D eigenvalue weighted by Gasteiger charge is -2.27. The van der Waals surface area contributed by atoms with Crippen molar-refractivity contribution in [3.8, 4) is 0 Å². The third kappa shape index (κ3) is 1.92. The summed E-state index contributed by atoms with van der Waals surface area (Å²) < 4.78 is 1.52. The van der Waals surface area contributed by atoms with Crippen LogP contribution in [0.1, 0.15) is 31.9 Å². The molecule has 2 atom stereocenters. The quantitative estimate of drug-likeness (QED) is 0.809. The molecular formula is C10H15NS2. The standard InChI is InChI=1S/C10H15NS2/c1-3-11-9-6-7(2)13-10-8(9)4-5-12-10/h4-5,7,9,11H,3,6H2,1-2H3/t7-,9?/m0/s1. The summed E-state index contributed by atoms with van der Waals surface area (Å²) in [5.41, 5.74) is 1.52. The van der Waals surface area contributed by atoms with E-state index in [2.05, 4.69) is 30.6 Å². The minimum absolute atomic E-state index is 0.600. The summed E-state index contributed by atoms with van der Waals surface area (Å²) >= 11 is 3.91. The van der Waals surface area contributed by atoms with Gasteiger partial charge in [0.2, 0.25) is 0 Å². The van der Waals surface area contributed by atoms with Gasteiger partial charge in [-0.05, 0) is 30.0 Å². The Morgan fingerprint density at radius 1 is 1.62 bits per heavy atom. The molecule has 72 valence electrons. The largest absolute Gasteiger partial charge is 0.310 e. The molecule has 1 aromatic rings. The fourth-order valence-corrected chi connectivity index (χ4v) is 4.36. The molecule has 0 saturated carbocycles. The van der Waals surface area contributed by atoms with Crippen molar-refractivity contribution in [2.75, 3.05) is 6.54 Å². The summed E-state index contributed by atoms with van der Waals surface area (Å²) in [6.45, 7) is 5.56. The Labute approximate surface area is 87.9 Å². The lowest BCUT2D eigenvalue weighted by Crippen LogP contribution is -2.25. The Bertz CT molecular complexity index is 282. The SMILES string of the molecule is CCNC1C[C@H](C)Sc2sccc21. The van der Waals surface area contributed by atoms with Crippen molar-refractivity contribution in [3.05, 3.63) is 17.0 Å². The number of thiophene rings is 1. The first-order valence-corrected chi connectivity index (χ1v) is 6.54. The highest BCUT2D eigenvalue weighted by atomic mass is 32.2. The van der Waals surface area contributed by atoms with Crippen molar-refractivity contribution in [2.45, 2.75) is 35.8 Å². The third-order valence-electron chi connectivity index (χ3n) is 2.36. The van der Waals surface area contributed by atoms with E-state index in [1.165, 1.54) is 16.2 Å². The fourth-order valence-electron chi connectivity index (χ4n) is 1.79. The molecule has 0 aromatic carbocycles. The average Bonchev–Trinajstić information content (AvgIpc) is 2.52. The predicted molar refractivity (Wildman–Crippen MR) is 60.7 cm³/mol. The van der Waals surface area contributed by atoms with E-state index >= 15 is 0 Å². The Kier molecular flexibility index (Phi) is 2.96. The van der Waals surface area contributed by atoms with E-state index in [1.54, 1.807) is 0 Å². The molecule has 1 unspecified atom stereocenters. The van der Waals surface area contributed by atoms with Gasteiger partial charge >= 0.3 is 0 Å². The monoisotopic (exact) mass is 213 g/mol. The molecule has 0 fully saturated rings. The lowest BCUT2D eigenvalue weighted by molar-refractivity contribution is 0.503. The number of nitrogens with one attached hydrogen (secondary N) is 1. The minimum Gasteiger partial charge on any atom is -0.310 e. The smallest absolute Gasteiger partial charge is 0.0649 e. The zero-order chi connectivity index (χ0) is 9.26. The van der Waals surface area contributed by atoms with Gasteiger partial charge in [-0.2, -0.15) is 0 Å². The van der Waals surface area contributed by atoms with Crippen LogP contribution in [0.2, 0.25) is 0 Å². The van der Waals surface area contributed by atoms with Crippen molar-refractivity contribution in [2.24, 2.45) is 0 Å². The van der Waals surface area contributed by atoms with Crippen LogP contribution in [0.25, 0.3) is 0 Å². The van der Waals surface area contributed by atoms with E-state index in [-0.39, 0.29) is 0 Å². The zero-order valence-electron chi connectivity index (χ0n) is 8.04. The molecule has 1 nitrogen and oxygen atoms in total. The molecule has 0 bridgehead atoms. The summed E-state index contributed by atoms with van der Waals surface area (Å²) in [7, 11) is 0. The molecule has 0 amide bonds. The number of fused-ring (bicyclic) bond motifs is 1. The highest BCUT2D eigenvalue weighted by molar-refractivity contribution is 8.01. The maximum atomic E-state index is 3.55. The van der Waals surface area contributed by atoms with E-state index < -0.39 is 0 Å². The van der Waals surface area contributed by atoms with Crippen LogP contribution in [-0.2, 0) is 0 Å². The van der Waals surface area contributed by atoms with Crippen LogP contribution >= 0.6 is 23.1 Å². The molecule has 2 rings (SSSR count). The van der Waals surface area contributed by atoms with Gasteiger partial charge in [0.15, 0.2) is 0 Å². The first kappa shape index (κ1) is 9.56. The Hall–Kier alpha value is 0.0100. The summed E-state index contributed by atoms with van der Waals surface area (Å²) in [6, 6.07) is 2.87.